The number of rotatable bonds is 3. The van der Waals surface area contributed by atoms with Gasteiger partial charge in [-0.25, -0.2) is 0 Å². The van der Waals surface area contributed by atoms with Gasteiger partial charge >= 0.3 is 0 Å². The Morgan fingerprint density at radius 3 is 3.04 bits per heavy atom. The van der Waals surface area contributed by atoms with Crippen LogP contribution in [0.15, 0.2) is 24.6 Å². The van der Waals surface area contributed by atoms with Crippen LogP contribution in [0.4, 0.5) is 0 Å². The molecule has 1 amide bonds. The van der Waals surface area contributed by atoms with Gasteiger partial charge in [-0.2, -0.15) is 0 Å². The molecule has 0 bridgehead atoms. The van der Waals surface area contributed by atoms with E-state index in [0.717, 1.165) is 37.2 Å². The molecule has 5 atom stereocenters. The first kappa shape index (κ1) is 15.3. The Morgan fingerprint density at radius 1 is 1.35 bits per heavy atom. The summed E-state index contributed by atoms with van der Waals surface area (Å²) in [5.74, 6) is 2.48. The van der Waals surface area contributed by atoms with Gasteiger partial charge in [0.2, 0.25) is 5.91 Å². The predicted octanol–water partition coefficient (Wildman–Crippen LogP) is 4.16. The molecule has 1 aliphatic heterocycles. The number of allylic oxidation sites excluding steroid dienone is 2. The summed E-state index contributed by atoms with van der Waals surface area (Å²) in [5, 5.41) is 3.18. The van der Waals surface area contributed by atoms with E-state index in [0.29, 0.717) is 11.8 Å². The smallest absolute Gasteiger partial charge is 0.224 e. The van der Waals surface area contributed by atoms with Crippen molar-refractivity contribution in [1.29, 1.82) is 0 Å². The first-order chi connectivity index (χ1) is 11.1. The Balaban J connectivity index is 1.63. The van der Waals surface area contributed by atoms with E-state index in [2.05, 4.69) is 24.9 Å². The molecule has 0 aromatic carbocycles. The zero-order valence-electron chi connectivity index (χ0n) is 14.3. The molecule has 126 valence electrons. The lowest BCUT2D eigenvalue weighted by Crippen LogP contribution is -2.53. The highest BCUT2D eigenvalue weighted by atomic mass is 16.5. The van der Waals surface area contributed by atoms with Gasteiger partial charge in [0.25, 0.3) is 0 Å². The predicted molar refractivity (Wildman–Crippen MR) is 90.3 cm³/mol. The van der Waals surface area contributed by atoms with Crippen molar-refractivity contribution in [3.05, 3.63) is 24.6 Å². The van der Waals surface area contributed by atoms with Crippen LogP contribution in [-0.2, 0) is 9.53 Å². The molecule has 1 heterocycles. The first-order valence-corrected chi connectivity index (χ1v) is 9.32. The number of hydrogen-bond donors (Lipinski definition) is 1. The molecule has 2 saturated carbocycles. The largest absolute Gasteiger partial charge is 0.501 e. The fourth-order valence-corrected chi connectivity index (χ4v) is 6.46. The van der Waals surface area contributed by atoms with Gasteiger partial charge in [0, 0.05) is 22.9 Å². The summed E-state index contributed by atoms with van der Waals surface area (Å²) in [4.78, 5) is 11.8. The molecule has 0 spiro atoms. The number of carbonyl (C=O) groups is 1. The summed E-state index contributed by atoms with van der Waals surface area (Å²) in [7, 11) is 0. The Bertz CT molecular complexity index is 554. The summed E-state index contributed by atoms with van der Waals surface area (Å²) in [6.07, 6.45) is 13.4. The van der Waals surface area contributed by atoms with Crippen LogP contribution in [0.5, 0.6) is 0 Å². The summed E-state index contributed by atoms with van der Waals surface area (Å²) >= 11 is 0. The van der Waals surface area contributed by atoms with E-state index >= 15 is 0 Å². The molecule has 1 saturated heterocycles. The zero-order valence-corrected chi connectivity index (χ0v) is 14.3. The van der Waals surface area contributed by atoms with Crippen LogP contribution in [0.3, 0.4) is 0 Å². The maximum atomic E-state index is 11.8. The minimum Gasteiger partial charge on any atom is -0.501 e. The molecule has 3 aliphatic carbocycles. The summed E-state index contributed by atoms with van der Waals surface area (Å²) in [6, 6.07) is 0. The normalized spacial score (nSPS) is 45.2. The number of nitrogens with one attached hydrogen (secondary N) is 1. The molecule has 0 aromatic rings. The molecular weight excluding hydrogens is 286 g/mol. The molecule has 0 radical (unpaired) electrons. The fourth-order valence-electron chi connectivity index (χ4n) is 6.46. The van der Waals surface area contributed by atoms with Gasteiger partial charge in [-0.15, -0.1) is 0 Å². The lowest BCUT2D eigenvalue weighted by atomic mass is 9.50. The van der Waals surface area contributed by atoms with Crippen molar-refractivity contribution in [3.8, 4) is 0 Å². The van der Waals surface area contributed by atoms with Crippen molar-refractivity contribution in [2.24, 2.45) is 28.6 Å². The van der Waals surface area contributed by atoms with Gasteiger partial charge in [-0.1, -0.05) is 26.0 Å². The van der Waals surface area contributed by atoms with Crippen LogP contribution in [0.1, 0.15) is 58.3 Å². The lowest BCUT2D eigenvalue weighted by molar-refractivity contribution is -0.125. The zero-order chi connectivity index (χ0) is 16.1. The van der Waals surface area contributed by atoms with E-state index in [9.17, 15) is 4.79 Å². The molecule has 0 unspecified atom stereocenters. The van der Waals surface area contributed by atoms with Crippen molar-refractivity contribution in [3.63, 3.8) is 0 Å². The van der Waals surface area contributed by atoms with Crippen LogP contribution < -0.4 is 5.32 Å². The van der Waals surface area contributed by atoms with E-state index in [-0.39, 0.29) is 11.3 Å². The van der Waals surface area contributed by atoms with Crippen molar-refractivity contribution >= 4 is 5.91 Å². The topological polar surface area (TPSA) is 38.3 Å². The second-order valence-corrected chi connectivity index (χ2v) is 8.47. The Morgan fingerprint density at radius 2 is 2.22 bits per heavy atom. The van der Waals surface area contributed by atoms with E-state index in [1.165, 1.54) is 37.8 Å². The van der Waals surface area contributed by atoms with Crippen LogP contribution in [-0.4, -0.2) is 12.5 Å². The molecule has 3 nitrogen and oxygen atoms in total. The Labute approximate surface area is 139 Å². The summed E-state index contributed by atoms with van der Waals surface area (Å²) in [6.45, 7) is 6.99. The van der Waals surface area contributed by atoms with Gasteiger partial charge in [-0.3, -0.25) is 4.79 Å². The Hall–Kier alpha value is -1.25. The van der Waals surface area contributed by atoms with Crippen LogP contribution in [0.2, 0.25) is 0 Å². The van der Waals surface area contributed by atoms with Crippen LogP contribution >= 0.6 is 0 Å². The summed E-state index contributed by atoms with van der Waals surface area (Å²) in [5.41, 5.74) is 1.79. The molecular formula is C20H29NO2. The molecule has 0 aromatic heterocycles. The third kappa shape index (κ3) is 2.19. The number of amides is 1. The van der Waals surface area contributed by atoms with Crippen molar-refractivity contribution in [2.45, 2.75) is 58.3 Å². The molecule has 3 fully saturated rings. The maximum absolute atomic E-state index is 11.8. The SMILES string of the molecule is C=COC[C@@]12CCC[C@H]1[C@@H]1CC=C3NC(=O)CC[C@]3(C)[C@H]1CC2. The quantitative estimate of drug-likeness (QED) is 0.794. The molecule has 23 heavy (non-hydrogen) atoms. The van der Waals surface area contributed by atoms with Crippen LogP contribution in [0.25, 0.3) is 0 Å². The van der Waals surface area contributed by atoms with Crippen molar-refractivity contribution < 1.29 is 9.53 Å². The van der Waals surface area contributed by atoms with Crippen molar-refractivity contribution in [1.82, 2.24) is 5.32 Å². The minimum absolute atomic E-state index is 0.185. The summed E-state index contributed by atoms with van der Waals surface area (Å²) < 4.78 is 5.69. The van der Waals surface area contributed by atoms with E-state index < -0.39 is 0 Å². The highest BCUT2D eigenvalue weighted by molar-refractivity contribution is 5.79. The highest BCUT2D eigenvalue weighted by Crippen LogP contribution is 2.63. The second-order valence-electron chi connectivity index (χ2n) is 8.47. The fraction of sp³-hybridized carbons (Fsp3) is 0.750. The maximum Gasteiger partial charge on any atom is 0.224 e. The van der Waals surface area contributed by atoms with Gasteiger partial charge in [0.05, 0.1) is 12.9 Å². The molecule has 3 heteroatoms. The molecule has 4 aliphatic rings. The third-order valence-corrected chi connectivity index (χ3v) is 7.63. The van der Waals surface area contributed by atoms with E-state index in [1.807, 2.05) is 0 Å². The van der Waals surface area contributed by atoms with Gasteiger partial charge < -0.3 is 10.1 Å². The van der Waals surface area contributed by atoms with Crippen molar-refractivity contribution in [2.75, 3.05) is 6.61 Å². The number of carbonyl (C=O) groups excluding carboxylic acids is 1. The van der Waals surface area contributed by atoms with Gasteiger partial charge in [0.15, 0.2) is 0 Å². The highest BCUT2D eigenvalue weighted by Gasteiger charge is 2.57. The molecule has 1 N–H and O–H groups in total. The van der Waals surface area contributed by atoms with Gasteiger partial charge in [0.1, 0.15) is 0 Å². The third-order valence-electron chi connectivity index (χ3n) is 7.63. The average molecular weight is 315 g/mol. The minimum atomic E-state index is 0.185. The monoisotopic (exact) mass is 315 g/mol. The first-order valence-electron chi connectivity index (χ1n) is 9.32. The Kier molecular flexibility index (Phi) is 3.58. The lowest BCUT2D eigenvalue weighted by Gasteiger charge is -2.56. The van der Waals surface area contributed by atoms with E-state index in [1.54, 1.807) is 6.26 Å². The van der Waals surface area contributed by atoms with E-state index in [4.69, 9.17) is 4.74 Å². The number of fused-ring (bicyclic) bond motifs is 5. The van der Waals surface area contributed by atoms with Crippen LogP contribution in [0, 0.1) is 28.6 Å². The standard InChI is InChI=1S/C20H29NO2/c1-3-23-13-20-10-4-5-16(20)14-6-7-17-19(2,15(14)8-12-20)11-9-18(22)21-17/h3,7,14-16H,1,4-6,8-13H2,2H3,(H,21,22)/t14-,15+,16+,19-,20+/m1/s1. The number of ether oxygens (including phenoxy) is 1. The number of hydrogen-bond acceptors (Lipinski definition) is 2. The number of piperidine rings is 1. The second kappa shape index (κ2) is 5.39. The van der Waals surface area contributed by atoms with Gasteiger partial charge in [-0.05, 0) is 56.3 Å². The molecule has 4 rings (SSSR count). The average Bonchev–Trinajstić information content (AvgIpc) is 2.98.